The summed E-state index contributed by atoms with van der Waals surface area (Å²) >= 11 is 2.12. The van der Waals surface area contributed by atoms with E-state index in [1.807, 2.05) is 19.2 Å². The van der Waals surface area contributed by atoms with Crippen molar-refractivity contribution < 1.29 is 9.53 Å². The minimum atomic E-state index is -0.0375. The molecule has 2 aliphatic heterocycles. The van der Waals surface area contributed by atoms with Crippen molar-refractivity contribution in [1.82, 2.24) is 9.88 Å². The number of piperazine rings is 1. The lowest BCUT2D eigenvalue weighted by molar-refractivity contribution is -0.151. The SMILES string of the molecule is CN1CC(=O)N(c2ccc(C#CSI)nc2)CC12COC2. The van der Waals surface area contributed by atoms with Crippen LogP contribution in [-0.4, -0.2) is 54.7 Å². The molecule has 5 nitrogen and oxygen atoms in total. The lowest BCUT2D eigenvalue weighted by atomic mass is 9.92. The number of halogens is 1. The van der Waals surface area contributed by atoms with Crippen LogP contribution in [0, 0.1) is 11.2 Å². The number of amides is 1. The van der Waals surface area contributed by atoms with Crippen molar-refractivity contribution in [3.63, 3.8) is 0 Å². The molecule has 3 heterocycles. The third kappa shape index (κ3) is 2.90. The molecule has 7 heteroatoms. The van der Waals surface area contributed by atoms with E-state index in [0.29, 0.717) is 32.0 Å². The molecule has 0 atom stereocenters. The maximum Gasteiger partial charge on any atom is 0.241 e. The Hall–Kier alpha value is -0.820. The molecule has 1 aromatic heterocycles. The van der Waals surface area contributed by atoms with Gasteiger partial charge in [-0.25, -0.2) is 4.98 Å². The van der Waals surface area contributed by atoms with Gasteiger partial charge in [0, 0.05) is 27.8 Å². The van der Waals surface area contributed by atoms with Crippen LogP contribution in [-0.2, 0) is 9.53 Å². The van der Waals surface area contributed by atoms with E-state index in [9.17, 15) is 4.79 Å². The predicted molar refractivity (Wildman–Crippen MR) is 91.3 cm³/mol. The molecular weight excluding hydrogens is 401 g/mol. The zero-order valence-corrected chi connectivity index (χ0v) is 14.5. The average molecular weight is 415 g/mol. The Bertz CT molecular complexity index is 607. The van der Waals surface area contributed by atoms with E-state index in [4.69, 9.17) is 4.74 Å². The van der Waals surface area contributed by atoms with Gasteiger partial charge in [0.2, 0.25) is 5.91 Å². The summed E-state index contributed by atoms with van der Waals surface area (Å²) < 4.78 is 5.35. The quantitative estimate of drug-likeness (QED) is 0.514. The summed E-state index contributed by atoms with van der Waals surface area (Å²) in [7, 11) is 3.41. The zero-order valence-electron chi connectivity index (χ0n) is 11.5. The van der Waals surface area contributed by atoms with Gasteiger partial charge in [0.05, 0.1) is 37.2 Å². The Morgan fingerprint density at radius 2 is 2.29 bits per heavy atom. The average Bonchev–Trinajstić information content (AvgIpc) is 2.44. The number of likely N-dealkylation sites (N-methyl/N-ethyl adjacent to an activating group) is 1. The van der Waals surface area contributed by atoms with Crippen molar-refractivity contribution in [2.75, 3.05) is 38.3 Å². The van der Waals surface area contributed by atoms with Gasteiger partial charge in [-0.1, -0.05) is 0 Å². The van der Waals surface area contributed by atoms with E-state index in [0.717, 1.165) is 5.69 Å². The van der Waals surface area contributed by atoms with E-state index >= 15 is 0 Å². The fraction of sp³-hybridized carbons (Fsp3) is 0.429. The van der Waals surface area contributed by atoms with E-state index < -0.39 is 0 Å². The monoisotopic (exact) mass is 415 g/mol. The van der Waals surface area contributed by atoms with Crippen molar-refractivity contribution in [2.24, 2.45) is 0 Å². The summed E-state index contributed by atoms with van der Waals surface area (Å²) in [6.45, 7) is 2.42. The Balaban J connectivity index is 1.80. The number of ether oxygens (including phenoxy) is 1. The van der Waals surface area contributed by atoms with Gasteiger partial charge in [-0.2, -0.15) is 0 Å². The van der Waals surface area contributed by atoms with Crippen molar-refractivity contribution in [3.05, 3.63) is 24.0 Å². The van der Waals surface area contributed by atoms with Crippen LogP contribution >= 0.6 is 30.1 Å². The predicted octanol–water partition coefficient (Wildman–Crippen LogP) is 1.52. The Morgan fingerprint density at radius 3 is 2.86 bits per heavy atom. The first-order chi connectivity index (χ1) is 10.1. The van der Waals surface area contributed by atoms with Crippen molar-refractivity contribution in [2.45, 2.75) is 5.54 Å². The summed E-state index contributed by atoms with van der Waals surface area (Å²) in [5.41, 5.74) is 1.50. The molecule has 0 bridgehead atoms. The van der Waals surface area contributed by atoms with E-state index in [1.165, 1.54) is 8.93 Å². The van der Waals surface area contributed by atoms with Crippen LogP contribution in [0.3, 0.4) is 0 Å². The Kier molecular flexibility index (Phi) is 4.40. The minimum absolute atomic E-state index is 0.0375. The normalized spacial score (nSPS) is 20.9. The fourth-order valence-electron chi connectivity index (χ4n) is 2.54. The fourth-order valence-corrected chi connectivity index (χ4v) is 3.01. The Labute approximate surface area is 140 Å². The molecule has 0 N–H and O–H groups in total. The number of rotatable bonds is 1. The molecule has 0 unspecified atom stereocenters. The van der Waals surface area contributed by atoms with Crippen LogP contribution in [0.15, 0.2) is 18.3 Å². The first-order valence-electron chi connectivity index (χ1n) is 6.49. The van der Waals surface area contributed by atoms with Gasteiger partial charge in [0.1, 0.15) is 5.69 Å². The summed E-state index contributed by atoms with van der Waals surface area (Å²) in [5.74, 6) is 3.04. The van der Waals surface area contributed by atoms with Crippen LogP contribution in [0.4, 0.5) is 5.69 Å². The van der Waals surface area contributed by atoms with E-state index in [1.54, 1.807) is 11.1 Å². The van der Waals surface area contributed by atoms with Gasteiger partial charge in [-0.05, 0) is 39.3 Å². The van der Waals surface area contributed by atoms with Gasteiger partial charge in [0.25, 0.3) is 0 Å². The summed E-state index contributed by atoms with van der Waals surface area (Å²) in [6, 6.07) is 3.76. The standard InChI is InChI=1S/C14H14IN3O2S/c1-17-7-13(19)18(8-14(17)9-20-10-14)12-3-2-11(16-6-12)4-5-21-15/h2-3,6H,7-10H2,1H3. The molecule has 2 aliphatic rings. The van der Waals surface area contributed by atoms with Crippen molar-refractivity contribution >= 4 is 41.7 Å². The van der Waals surface area contributed by atoms with Crippen LogP contribution in [0.2, 0.25) is 0 Å². The van der Waals surface area contributed by atoms with Gasteiger partial charge in [0.15, 0.2) is 0 Å². The molecule has 2 fully saturated rings. The third-order valence-electron chi connectivity index (χ3n) is 3.95. The highest BCUT2D eigenvalue weighted by molar-refractivity contribution is 14.2. The second-order valence-electron chi connectivity index (χ2n) is 5.26. The maximum absolute atomic E-state index is 12.3. The highest BCUT2D eigenvalue weighted by Crippen LogP contribution is 2.31. The first kappa shape index (κ1) is 15.1. The summed E-state index contributed by atoms with van der Waals surface area (Å²) in [5, 5.41) is 2.90. The molecule has 1 amide bonds. The lowest BCUT2D eigenvalue weighted by Gasteiger charge is -2.53. The zero-order chi connectivity index (χ0) is 14.9. The molecule has 0 radical (unpaired) electrons. The first-order valence-corrected chi connectivity index (χ1v) is 9.85. The topological polar surface area (TPSA) is 45.7 Å². The third-order valence-corrected chi connectivity index (χ3v) is 4.79. The second kappa shape index (κ2) is 6.12. The molecule has 0 saturated carbocycles. The highest BCUT2D eigenvalue weighted by atomic mass is 127. The Morgan fingerprint density at radius 1 is 1.48 bits per heavy atom. The maximum atomic E-state index is 12.3. The number of aromatic nitrogens is 1. The van der Waals surface area contributed by atoms with Crippen LogP contribution in [0.1, 0.15) is 5.69 Å². The van der Waals surface area contributed by atoms with Gasteiger partial charge < -0.3 is 9.64 Å². The van der Waals surface area contributed by atoms with Crippen molar-refractivity contribution in [1.29, 1.82) is 0 Å². The summed E-state index contributed by atoms with van der Waals surface area (Å²) in [4.78, 5) is 20.5. The molecule has 1 aromatic rings. The molecule has 2 saturated heterocycles. The van der Waals surface area contributed by atoms with E-state index in [2.05, 4.69) is 42.3 Å². The van der Waals surface area contributed by atoms with Crippen LogP contribution in [0.25, 0.3) is 0 Å². The summed E-state index contributed by atoms with van der Waals surface area (Å²) in [6.07, 6.45) is 1.72. The molecule has 1 spiro atoms. The molecule has 110 valence electrons. The van der Waals surface area contributed by atoms with Crippen LogP contribution < -0.4 is 4.90 Å². The largest absolute Gasteiger partial charge is 0.377 e. The van der Waals surface area contributed by atoms with Crippen molar-refractivity contribution in [3.8, 4) is 11.2 Å². The number of hydrogen-bond acceptors (Lipinski definition) is 5. The molecule has 21 heavy (non-hydrogen) atoms. The smallest absolute Gasteiger partial charge is 0.241 e. The van der Waals surface area contributed by atoms with E-state index in [-0.39, 0.29) is 11.4 Å². The number of hydrogen-bond donors (Lipinski definition) is 0. The number of carbonyl (C=O) groups excluding carboxylic acids is 1. The van der Waals surface area contributed by atoms with Gasteiger partial charge >= 0.3 is 0 Å². The van der Waals surface area contributed by atoms with Crippen LogP contribution in [0.5, 0.6) is 0 Å². The second-order valence-corrected chi connectivity index (χ2v) is 6.94. The highest BCUT2D eigenvalue weighted by Gasteiger charge is 2.48. The number of carbonyl (C=O) groups is 1. The number of pyridine rings is 1. The molecular formula is C14H14IN3O2S. The lowest BCUT2D eigenvalue weighted by Crippen LogP contribution is -2.71. The molecule has 0 aliphatic carbocycles. The number of anilines is 1. The van der Waals surface area contributed by atoms with Gasteiger partial charge in [-0.3, -0.25) is 9.69 Å². The van der Waals surface area contributed by atoms with Gasteiger partial charge in [-0.15, -0.1) is 0 Å². The molecule has 0 aromatic carbocycles. The minimum Gasteiger partial charge on any atom is -0.377 e. The molecule has 3 rings (SSSR count). The number of nitrogens with zero attached hydrogens (tertiary/aromatic N) is 3.